The third-order valence-electron chi connectivity index (χ3n) is 3.41. The summed E-state index contributed by atoms with van der Waals surface area (Å²) in [6.45, 7) is 5.16. The first-order valence-corrected chi connectivity index (χ1v) is 7.00. The fraction of sp³-hybridized carbons (Fsp3) is 0.235. The van der Waals surface area contributed by atoms with E-state index in [1.165, 1.54) is 5.56 Å². The molecule has 0 aliphatic heterocycles. The van der Waals surface area contributed by atoms with Crippen molar-refractivity contribution in [2.45, 2.75) is 26.3 Å². The summed E-state index contributed by atoms with van der Waals surface area (Å²) in [5, 5.41) is 3.53. The van der Waals surface area contributed by atoms with Crippen molar-refractivity contribution in [2.75, 3.05) is 5.32 Å². The summed E-state index contributed by atoms with van der Waals surface area (Å²) in [6.07, 6.45) is 2.06. The average Bonchev–Trinajstić information content (AvgIpc) is 2.85. The highest BCUT2D eigenvalue weighted by atomic mass is 15.1. The minimum atomic E-state index is 0.396. The van der Waals surface area contributed by atoms with Crippen LogP contribution in [0.2, 0.25) is 0 Å². The van der Waals surface area contributed by atoms with E-state index in [0.29, 0.717) is 5.92 Å². The first-order chi connectivity index (χ1) is 9.75. The zero-order chi connectivity index (χ0) is 13.9. The topological polar surface area (TPSA) is 29.3 Å². The third kappa shape index (κ3) is 2.39. The van der Waals surface area contributed by atoms with Crippen molar-refractivity contribution in [1.29, 1.82) is 0 Å². The lowest BCUT2D eigenvalue weighted by atomic mass is 10.1. The summed E-state index contributed by atoms with van der Waals surface area (Å²) in [4.78, 5) is 4.72. The Hall–Kier alpha value is -2.29. The second-order valence-corrected chi connectivity index (χ2v) is 5.27. The van der Waals surface area contributed by atoms with E-state index < -0.39 is 0 Å². The van der Waals surface area contributed by atoms with E-state index in [4.69, 9.17) is 4.98 Å². The van der Waals surface area contributed by atoms with Gasteiger partial charge in [-0.3, -0.25) is 4.40 Å². The van der Waals surface area contributed by atoms with Gasteiger partial charge in [0, 0.05) is 12.7 Å². The lowest BCUT2D eigenvalue weighted by Crippen LogP contribution is -2.05. The van der Waals surface area contributed by atoms with Crippen LogP contribution >= 0.6 is 0 Å². The van der Waals surface area contributed by atoms with Crippen LogP contribution in [-0.4, -0.2) is 9.38 Å². The van der Waals surface area contributed by atoms with Crippen LogP contribution < -0.4 is 5.32 Å². The maximum atomic E-state index is 4.72. The number of fused-ring (bicyclic) bond motifs is 1. The zero-order valence-corrected chi connectivity index (χ0v) is 11.9. The normalized spacial score (nSPS) is 11.2. The summed E-state index contributed by atoms with van der Waals surface area (Å²) >= 11 is 0. The van der Waals surface area contributed by atoms with Crippen molar-refractivity contribution < 1.29 is 0 Å². The van der Waals surface area contributed by atoms with Gasteiger partial charge in [-0.2, -0.15) is 0 Å². The Morgan fingerprint density at radius 1 is 1.05 bits per heavy atom. The van der Waals surface area contributed by atoms with Crippen LogP contribution in [0.4, 0.5) is 5.82 Å². The van der Waals surface area contributed by atoms with Crippen LogP contribution in [0.25, 0.3) is 5.65 Å². The molecular weight excluding hydrogens is 246 g/mol. The molecule has 102 valence electrons. The molecule has 0 spiro atoms. The van der Waals surface area contributed by atoms with Gasteiger partial charge in [0.1, 0.15) is 11.5 Å². The number of aromatic nitrogens is 2. The largest absolute Gasteiger partial charge is 0.366 e. The number of hydrogen-bond donors (Lipinski definition) is 1. The summed E-state index contributed by atoms with van der Waals surface area (Å²) in [5.41, 5.74) is 3.38. The molecule has 0 amide bonds. The van der Waals surface area contributed by atoms with Crippen molar-refractivity contribution >= 4 is 11.5 Å². The zero-order valence-electron chi connectivity index (χ0n) is 11.9. The Labute approximate surface area is 119 Å². The Kier molecular flexibility index (Phi) is 3.42. The second kappa shape index (κ2) is 5.37. The van der Waals surface area contributed by atoms with E-state index in [9.17, 15) is 0 Å². The predicted molar refractivity (Wildman–Crippen MR) is 83.0 cm³/mol. The Balaban J connectivity index is 1.95. The summed E-state index contributed by atoms with van der Waals surface area (Å²) in [5.74, 6) is 1.49. The molecule has 0 fully saturated rings. The van der Waals surface area contributed by atoms with E-state index in [0.717, 1.165) is 23.7 Å². The second-order valence-electron chi connectivity index (χ2n) is 5.27. The van der Waals surface area contributed by atoms with Crippen molar-refractivity contribution in [3.05, 3.63) is 66.0 Å². The number of imidazole rings is 1. The monoisotopic (exact) mass is 265 g/mol. The highest BCUT2D eigenvalue weighted by molar-refractivity contribution is 5.56. The van der Waals surface area contributed by atoms with E-state index in [1.807, 2.05) is 24.3 Å². The molecule has 0 bridgehead atoms. The predicted octanol–water partition coefficient (Wildman–Crippen LogP) is 4.07. The van der Waals surface area contributed by atoms with Gasteiger partial charge in [-0.05, 0) is 23.6 Å². The molecule has 1 aromatic carbocycles. The molecule has 2 aromatic heterocycles. The van der Waals surface area contributed by atoms with E-state index in [1.54, 1.807) is 0 Å². The van der Waals surface area contributed by atoms with Gasteiger partial charge in [0.2, 0.25) is 0 Å². The Morgan fingerprint density at radius 2 is 1.80 bits per heavy atom. The summed E-state index contributed by atoms with van der Waals surface area (Å²) in [6, 6.07) is 16.5. The van der Waals surface area contributed by atoms with Crippen molar-refractivity contribution in [3.63, 3.8) is 0 Å². The van der Waals surface area contributed by atoms with Crippen LogP contribution in [-0.2, 0) is 6.54 Å². The van der Waals surface area contributed by atoms with Crippen LogP contribution in [0.3, 0.4) is 0 Å². The summed E-state index contributed by atoms with van der Waals surface area (Å²) in [7, 11) is 0. The van der Waals surface area contributed by atoms with Gasteiger partial charge in [-0.25, -0.2) is 4.98 Å². The molecule has 2 heterocycles. The molecule has 0 radical (unpaired) electrons. The van der Waals surface area contributed by atoms with E-state index in [2.05, 4.69) is 54.0 Å². The number of nitrogens with one attached hydrogen (secondary N) is 1. The van der Waals surface area contributed by atoms with Crippen LogP contribution in [0, 0.1) is 0 Å². The fourth-order valence-corrected chi connectivity index (χ4v) is 2.37. The van der Waals surface area contributed by atoms with Crippen LogP contribution in [0.1, 0.15) is 31.0 Å². The molecule has 0 atom stereocenters. The molecule has 3 nitrogen and oxygen atoms in total. The van der Waals surface area contributed by atoms with Gasteiger partial charge in [0.15, 0.2) is 0 Å². The molecule has 0 saturated heterocycles. The number of anilines is 1. The minimum absolute atomic E-state index is 0.396. The van der Waals surface area contributed by atoms with Crippen molar-refractivity contribution in [2.24, 2.45) is 0 Å². The molecule has 0 unspecified atom stereocenters. The van der Waals surface area contributed by atoms with E-state index in [-0.39, 0.29) is 0 Å². The van der Waals surface area contributed by atoms with Crippen LogP contribution in [0.5, 0.6) is 0 Å². The smallest absolute Gasteiger partial charge is 0.138 e. The maximum Gasteiger partial charge on any atom is 0.138 e. The standard InChI is InChI=1S/C17H19N3/c1-13(2)16-17(18-12-14-8-4-3-5-9-14)20-11-7-6-10-15(20)19-16/h3-11,13,18H,12H2,1-2H3. The molecule has 1 N–H and O–H groups in total. The molecule has 3 heteroatoms. The van der Waals surface area contributed by atoms with Gasteiger partial charge in [-0.15, -0.1) is 0 Å². The molecule has 0 saturated carbocycles. The van der Waals surface area contributed by atoms with Gasteiger partial charge in [0.05, 0.1) is 5.69 Å². The summed E-state index contributed by atoms with van der Waals surface area (Å²) < 4.78 is 2.12. The number of pyridine rings is 1. The number of rotatable bonds is 4. The maximum absolute atomic E-state index is 4.72. The molecule has 0 aliphatic rings. The number of benzene rings is 1. The van der Waals surface area contributed by atoms with Gasteiger partial charge in [0.25, 0.3) is 0 Å². The van der Waals surface area contributed by atoms with Gasteiger partial charge >= 0.3 is 0 Å². The van der Waals surface area contributed by atoms with Crippen LogP contribution in [0.15, 0.2) is 54.7 Å². The number of hydrogen-bond acceptors (Lipinski definition) is 2. The molecular formula is C17H19N3. The lowest BCUT2D eigenvalue weighted by molar-refractivity contribution is 0.833. The molecule has 0 aliphatic carbocycles. The van der Waals surface area contributed by atoms with Gasteiger partial charge < -0.3 is 5.32 Å². The molecule has 20 heavy (non-hydrogen) atoms. The Bertz CT molecular complexity index is 699. The Morgan fingerprint density at radius 3 is 2.55 bits per heavy atom. The molecule has 3 rings (SSSR count). The van der Waals surface area contributed by atoms with E-state index >= 15 is 0 Å². The number of nitrogens with zero attached hydrogens (tertiary/aromatic N) is 2. The van der Waals surface area contributed by atoms with Gasteiger partial charge in [-0.1, -0.05) is 50.2 Å². The van der Waals surface area contributed by atoms with Crippen molar-refractivity contribution in [3.8, 4) is 0 Å². The highest BCUT2D eigenvalue weighted by Gasteiger charge is 2.14. The first kappa shape index (κ1) is 12.7. The SMILES string of the molecule is CC(C)c1nc2ccccn2c1NCc1ccccc1. The fourth-order valence-electron chi connectivity index (χ4n) is 2.37. The first-order valence-electron chi connectivity index (χ1n) is 7.00. The van der Waals surface area contributed by atoms with Crippen molar-refractivity contribution in [1.82, 2.24) is 9.38 Å². The lowest BCUT2D eigenvalue weighted by Gasteiger charge is -2.10. The molecule has 3 aromatic rings. The average molecular weight is 265 g/mol. The highest BCUT2D eigenvalue weighted by Crippen LogP contribution is 2.25. The quantitative estimate of drug-likeness (QED) is 0.770. The third-order valence-corrected chi connectivity index (χ3v) is 3.41. The minimum Gasteiger partial charge on any atom is -0.366 e.